The molecule has 1 aliphatic rings. The zero-order chi connectivity index (χ0) is 19.2. The fourth-order valence-corrected chi connectivity index (χ4v) is 3.36. The lowest BCUT2D eigenvalue weighted by Gasteiger charge is -2.25. The molecule has 0 saturated heterocycles. The number of hydrogen-bond donors (Lipinski definition) is 0. The van der Waals surface area contributed by atoms with Crippen molar-refractivity contribution in [3.05, 3.63) is 87.2 Å². The van der Waals surface area contributed by atoms with Crippen LogP contribution >= 0.6 is 0 Å². The van der Waals surface area contributed by atoms with Gasteiger partial charge in [0.1, 0.15) is 0 Å². The average Bonchev–Trinajstić information content (AvgIpc) is 3.12. The van der Waals surface area contributed by atoms with Crippen LogP contribution in [0.15, 0.2) is 70.3 Å². The molecule has 4 rings (SSSR count). The Morgan fingerprint density at radius 2 is 1.48 bits per heavy atom. The molecule has 0 radical (unpaired) electrons. The number of alkyl halides is 3. The maximum Gasteiger partial charge on any atom is 0.424 e. The Hall–Kier alpha value is -3.07. The van der Waals surface area contributed by atoms with E-state index in [-0.39, 0.29) is 18.9 Å². The second-order valence-electron chi connectivity index (χ2n) is 6.27. The highest BCUT2D eigenvalue weighted by atomic mass is 19.4. The van der Waals surface area contributed by atoms with Gasteiger partial charge in [0.25, 0.3) is 0 Å². The third-order valence-electron chi connectivity index (χ3n) is 4.49. The fourth-order valence-electron chi connectivity index (χ4n) is 3.36. The van der Waals surface area contributed by atoms with Crippen LogP contribution in [-0.2, 0) is 13.2 Å². The van der Waals surface area contributed by atoms with Gasteiger partial charge in [-0.05, 0) is 17.7 Å². The number of para-hydroxylation sites is 1. The van der Waals surface area contributed by atoms with Crippen molar-refractivity contribution < 1.29 is 13.2 Å². The van der Waals surface area contributed by atoms with Gasteiger partial charge in [-0.15, -0.1) is 0 Å². The number of aromatic nitrogens is 3. The summed E-state index contributed by atoms with van der Waals surface area (Å²) in [4.78, 5) is 26.4. The molecule has 1 aromatic heterocycles. The number of hydrogen-bond acceptors (Lipinski definition) is 3. The highest BCUT2D eigenvalue weighted by Gasteiger charge is 2.51. The van der Waals surface area contributed by atoms with Crippen molar-refractivity contribution in [3.8, 4) is 5.69 Å². The SMILES string of the molecule is O=c1n(-c2ccccc2)c(=O)n2n1CN(Cc1ccccc1)C2C(F)(F)F. The molecule has 2 heterocycles. The Bertz CT molecular complexity index is 1070. The molecule has 0 aliphatic carbocycles. The van der Waals surface area contributed by atoms with Crippen molar-refractivity contribution in [2.75, 3.05) is 0 Å². The number of halogens is 3. The highest BCUT2D eigenvalue weighted by molar-refractivity contribution is 5.30. The van der Waals surface area contributed by atoms with Gasteiger partial charge in [-0.25, -0.2) is 28.4 Å². The number of rotatable bonds is 3. The Labute approximate surface area is 151 Å². The Kier molecular flexibility index (Phi) is 4.03. The molecular weight excluding hydrogens is 361 g/mol. The minimum absolute atomic E-state index is 0.0378. The van der Waals surface area contributed by atoms with Gasteiger partial charge < -0.3 is 0 Å². The third kappa shape index (κ3) is 2.89. The molecule has 0 fully saturated rings. The van der Waals surface area contributed by atoms with Crippen LogP contribution in [0.25, 0.3) is 5.69 Å². The van der Waals surface area contributed by atoms with E-state index in [1.165, 1.54) is 12.1 Å². The summed E-state index contributed by atoms with van der Waals surface area (Å²) in [7, 11) is 0. The minimum Gasteiger partial charge on any atom is -0.250 e. The molecule has 3 aromatic rings. The zero-order valence-corrected chi connectivity index (χ0v) is 14.0. The van der Waals surface area contributed by atoms with Gasteiger partial charge in [0.05, 0.1) is 12.4 Å². The van der Waals surface area contributed by atoms with E-state index in [0.717, 1.165) is 14.1 Å². The molecule has 2 aromatic carbocycles. The van der Waals surface area contributed by atoms with Gasteiger partial charge in [-0.3, -0.25) is 0 Å². The van der Waals surface area contributed by atoms with E-state index >= 15 is 0 Å². The Morgan fingerprint density at radius 3 is 2.07 bits per heavy atom. The van der Waals surface area contributed by atoms with E-state index < -0.39 is 23.7 Å². The molecule has 1 unspecified atom stereocenters. The predicted molar refractivity (Wildman–Crippen MR) is 91.4 cm³/mol. The summed E-state index contributed by atoms with van der Waals surface area (Å²) in [5, 5.41) is 0. The molecule has 0 spiro atoms. The molecular formula is C18H15F3N4O2. The van der Waals surface area contributed by atoms with Gasteiger partial charge in [0.15, 0.2) is 0 Å². The third-order valence-corrected chi connectivity index (χ3v) is 4.49. The molecule has 6 nitrogen and oxygen atoms in total. The molecule has 0 amide bonds. The first kappa shape index (κ1) is 17.3. The van der Waals surface area contributed by atoms with Crippen molar-refractivity contribution in [1.29, 1.82) is 0 Å². The van der Waals surface area contributed by atoms with Crippen LogP contribution in [0, 0.1) is 0 Å². The van der Waals surface area contributed by atoms with E-state index in [1.54, 1.807) is 48.5 Å². The van der Waals surface area contributed by atoms with Crippen LogP contribution in [0.1, 0.15) is 11.7 Å². The van der Waals surface area contributed by atoms with E-state index in [0.29, 0.717) is 10.2 Å². The standard InChI is InChI=1S/C18H15F3N4O2/c19-18(20,21)15-22(11-13-7-3-1-4-8-13)12-23-16(26)24(17(27)25(15)23)14-9-5-2-6-10-14/h1-10,15H,11-12H2. The van der Waals surface area contributed by atoms with Crippen LogP contribution in [0.5, 0.6) is 0 Å². The van der Waals surface area contributed by atoms with Crippen molar-refractivity contribution in [2.45, 2.75) is 25.6 Å². The summed E-state index contributed by atoms with van der Waals surface area (Å²) in [6, 6.07) is 16.5. The van der Waals surface area contributed by atoms with Gasteiger partial charge in [-0.1, -0.05) is 48.5 Å². The number of benzene rings is 2. The fraction of sp³-hybridized carbons (Fsp3) is 0.222. The normalized spacial score (nSPS) is 17.2. The lowest BCUT2D eigenvalue weighted by molar-refractivity contribution is -0.204. The lowest BCUT2D eigenvalue weighted by atomic mass is 10.2. The van der Waals surface area contributed by atoms with Crippen LogP contribution in [0.4, 0.5) is 13.2 Å². The molecule has 9 heteroatoms. The smallest absolute Gasteiger partial charge is 0.250 e. The first-order chi connectivity index (χ1) is 12.9. The van der Waals surface area contributed by atoms with Gasteiger partial charge in [0.2, 0.25) is 6.17 Å². The summed E-state index contributed by atoms with van der Waals surface area (Å²) < 4.78 is 43.5. The topological polar surface area (TPSA) is 52.2 Å². The van der Waals surface area contributed by atoms with Crippen molar-refractivity contribution in [2.24, 2.45) is 0 Å². The largest absolute Gasteiger partial charge is 0.424 e. The van der Waals surface area contributed by atoms with Crippen molar-refractivity contribution >= 4 is 0 Å². The molecule has 140 valence electrons. The summed E-state index contributed by atoms with van der Waals surface area (Å²) >= 11 is 0. The minimum atomic E-state index is -4.72. The molecule has 1 atom stereocenters. The Morgan fingerprint density at radius 1 is 0.889 bits per heavy atom. The summed E-state index contributed by atoms with van der Waals surface area (Å²) in [5.74, 6) is 0. The molecule has 27 heavy (non-hydrogen) atoms. The first-order valence-electron chi connectivity index (χ1n) is 8.22. The first-order valence-corrected chi connectivity index (χ1v) is 8.22. The molecule has 0 bridgehead atoms. The van der Waals surface area contributed by atoms with Crippen LogP contribution < -0.4 is 11.4 Å². The van der Waals surface area contributed by atoms with E-state index in [2.05, 4.69) is 0 Å². The Balaban J connectivity index is 1.82. The number of fused-ring (bicyclic) bond motifs is 1. The molecule has 0 saturated carbocycles. The van der Waals surface area contributed by atoms with Crippen molar-refractivity contribution in [3.63, 3.8) is 0 Å². The van der Waals surface area contributed by atoms with Gasteiger partial charge >= 0.3 is 17.6 Å². The van der Waals surface area contributed by atoms with Crippen LogP contribution in [0.2, 0.25) is 0 Å². The monoisotopic (exact) mass is 376 g/mol. The second-order valence-corrected chi connectivity index (χ2v) is 6.27. The summed E-state index contributed by atoms with van der Waals surface area (Å²) in [6.07, 6.45) is -6.92. The highest BCUT2D eigenvalue weighted by Crippen LogP contribution is 2.36. The molecule has 0 N–H and O–H groups in total. The lowest BCUT2D eigenvalue weighted by Crippen LogP contribution is -2.41. The van der Waals surface area contributed by atoms with Crippen LogP contribution in [0.3, 0.4) is 0 Å². The maximum atomic E-state index is 13.8. The van der Waals surface area contributed by atoms with E-state index in [9.17, 15) is 22.8 Å². The second kappa shape index (κ2) is 6.27. The number of nitrogens with zero attached hydrogens (tertiary/aromatic N) is 4. The zero-order valence-electron chi connectivity index (χ0n) is 14.0. The summed E-state index contributed by atoms with van der Waals surface area (Å²) in [5.41, 5.74) is -0.911. The van der Waals surface area contributed by atoms with E-state index in [1.807, 2.05) is 0 Å². The summed E-state index contributed by atoms with van der Waals surface area (Å²) in [6.45, 7) is -0.364. The maximum absolute atomic E-state index is 13.8. The van der Waals surface area contributed by atoms with Gasteiger partial charge in [0, 0.05) is 6.54 Å². The van der Waals surface area contributed by atoms with E-state index in [4.69, 9.17) is 0 Å². The average molecular weight is 376 g/mol. The quantitative estimate of drug-likeness (QED) is 0.705. The molecule has 1 aliphatic heterocycles. The van der Waals surface area contributed by atoms with Gasteiger partial charge in [-0.2, -0.15) is 13.2 Å². The van der Waals surface area contributed by atoms with Crippen molar-refractivity contribution in [1.82, 2.24) is 18.8 Å². The predicted octanol–water partition coefficient (Wildman–Crippen LogP) is 2.33. The van der Waals surface area contributed by atoms with Crippen LogP contribution in [-0.4, -0.2) is 25.0 Å².